The quantitative estimate of drug-likeness (QED) is 0.546. The summed E-state index contributed by atoms with van der Waals surface area (Å²) >= 11 is 1.07. The highest BCUT2D eigenvalue weighted by Gasteiger charge is 2.36. The minimum Gasteiger partial charge on any atom is -0.497 e. The number of hydrogen-bond acceptors (Lipinski definition) is 5. The Labute approximate surface area is 199 Å². The van der Waals surface area contributed by atoms with E-state index in [2.05, 4.69) is 14.7 Å². The van der Waals surface area contributed by atoms with Gasteiger partial charge in [0.2, 0.25) is 5.17 Å². The van der Waals surface area contributed by atoms with Gasteiger partial charge in [0.25, 0.3) is 5.91 Å². The zero-order chi connectivity index (χ0) is 24.0. The van der Waals surface area contributed by atoms with E-state index in [0.29, 0.717) is 10.6 Å². The van der Waals surface area contributed by atoms with E-state index < -0.39 is 11.7 Å². The van der Waals surface area contributed by atoms with Crippen molar-refractivity contribution in [1.29, 1.82) is 5.41 Å². The van der Waals surface area contributed by atoms with Gasteiger partial charge in [-0.2, -0.15) is 15.1 Å². The maximum atomic E-state index is 14.2. The number of ether oxygens (including phenoxy) is 1. The molecule has 0 unspecified atom stereocenters. The van der Waals surface area contributed by atoms with Crippen LogP contribution in [0, 0.1) is 25.1 Å². The number of hydrogen-bond donors (Lipinski definition) is 1. The van der Waals surface area contributed by atoms with Gasteiger partial charge in [-0.1, -0.05) is 12.1 Å². The first kappa shape index (κ1) is 21.8. The number of hydrazone groups is 1. The van der Waals surface area contributed by atoms with Crippen LogP contribution in [0.2, 0.25) is 0 Å². The number of aryl methyl sites for hydroxylation is 1. The van der Waals surface area contributed by atoms with Crippen LogP contribution >= 0.6 is 11.8 Å². The monoisotopic (exact) mass is 473 g/mol. The molecule has 0 saturated carbocycles. The smallest absolute Gasteiger partial charge is 0.283 e. The highest BCUT2D eigenvalue weighted by molar-refractivity contribution is 8.27. The maximum absolute atomic E-state index is 14.2. The molecule has 1 amide bonds. The molecule has 2 aliphatic heterocycles. The summed E-state index contributed by atoms with van der Waals surface area (Å²) < 4.78 is 21.5. The topological polar surface area (TPSA) is 83.0 Å². The van der Waals surface area contributed by atoms with Gasteiger partial charge in [-0.25, -0.2) is 4.39 Å². The second-order valence-corrected chi connectivity index (χ2v) is 8.72. The highest BCUT2D eigenvalue weighted by atomic mass is 32.2. The molecule has 3 heterocycles. The van der Waals surface area contributed by atoms with Crippen LogP contribution in [0.5, 0.6) is 5.75 Å². The average molecular weight is 474 g/mol. The summed E-state index contributed by atoms with van der Waals surface area (Å²) in [5.74, 6) is -0.276. The number of methoxy groups -OCH3 is 1. The third-order valence-electron chi connectivity index (χ3n) is 5.66. The Morgan fingerprint density at radius 1 is 1.12 bits per heavy atom. The van der Waals surface area contributed by atoms with E-state index in [-0.39, 0.29) is 16.6 Å². The molecule has 0 saturated heterocycles. The number of aliphatic imine (C=N–C) groups is 1. The van der Waals surface area contributed by atoms with Gasteiger partial charge in [0.15, 0.2) is 5.84 Å². The number of aromatic nitrogens is 1. The second-order valence-electron chi connectivity index (χ2n) is 7.76. The standard InChI is InChI=1S/C25H20FN5O2S/c1-14-12-16(15(2)30(14)17-8-10-18(33-3)11-9-17)13-20-22(27)31-25(28-23(20)32)34-24(29-31)19-6-4-5-7-21(19)26/h4-13,27H,1-3H3/b20-13-,27-22?. The van der Waals surface area contributed by atoms with Crippen molar-refractivity contribution in [2.75, 3.05) is 7.11 Å². The summed E-state index contributed by atoms with van der Waals surface area (Å²) in [6, 6.07) is 15.9. The van der Waals surface area contributed by atoms with E-state index in [4.69, 9.17) is 10.1 Å². The van der Waals surface area contributed by atoms with Crippen molar-refractivity contribution in [3.63, 3.8) is 0 Å². The van der Waals surface area contributed by atoms with Gasteiger partial charge in [0.05, 0.1) is 12.7 Å². The van der Waals surface area contributed by atoms with Crippen molar-refractivity contribution < 1.29 is 13.9 Å². The van der Waals surface area contributed by atoms with Gasteiger partial charge < -0.3 is 9.30 Å². The number of nitrogens with one attached hydrogen (secondary N) is 1. The fourth-order valence-corrected chi connectivity index (χ4v) is 4.87. The van der Waals surface area contributed by atoms with Crippen molar-refractivity contribution in [3.05, 3.63) is 88.5 Å². The normalized spacial score (nSPS) is 16.6. The average Bonchev–Trinajstić information content (AvgIpc) is 3.37. The summed E-state index contributed by atoms with van der Waals surface area (Å²) in [5, 5.41) is 14.9. The van der Waals surface area contributed by atoms with Crippen molar-refractivity contribution in [2.45, 2.75) is 13.8 Å². The SMILES string of the molecule is COc1ccc(-n2c(C)cc(/C=C3/C(=N)N4N=C(c5ccccc5F)SC4=NC3=O)c2C)cc1. The van der Waals surface area contributed by atoms with E-state index in [1.54, 1.807) is 31.4 Å². The lowest BCUT2D eigenvalue weighted by atomic mass is 10.1. The molecule has 9 heteroatoms. The number of carbonyl (C=O) groups is 1. The van der Waals surface area contributed by atoms with Gasteiger partial charge in [0.1, 0.15) is 16.6 Å². The molecule has 0 spiro atoms. The molecular formula is C25H20FN5O2S. The third kappa shape index (κ3) is 3.63. The molecule has 34 heavy (non-hydrogen) atoms. The minimum absolute atomic E-state index is 0.0944. The maximum Gasteiger partial charge on any atom is 0.283 e. The molecule has 2 aliphatic rings. The second kappa shape index (κ2) is 8.42. The third-order valence-corrected chi connectivity index (χ3v) is 6.60. The number of nitrogens with zero attached hydrogens (tertiary/aromatic N) is 4. The van der Waals surface area contributed by atoms with Crippen LogP contribution in [-0.2, 0) is 4.79 Å². The molecule has 170 valence electrons. The first-order valence-corrected chi connectivity index (χ1v) is 11.3. The van der Waals surface area contributed by atoms with Crippen LogP contribution < -0.4 is 4.74 Å². The lowest BCUT2D eigenvalue weighted by molar-refractivity contribution is -0.114. The van der Waals surface area contributed by atoms with Crippen LogP contribution in [0.4, 0.5) is 4.39 Å². The van der Waals surface area contributed by atoms with Gasteiger partial charge in [-0.3, -0.25) is 10.2 Å². The van der Waals surface area contributed by atoms with Crippen LogP contribution in [0.1, 0.15) is 22.5 Å². The number of rotatable bonds is 4. The minimum atomic E-state index is -0.525. The Kier molecular flexibility index (Phi) is 5.41. The molecule has 0 bridgehead atoms. The molecule has 0 aliphatic carbocycles. The van der Waals surface area contributed by atoms with Gasteiger partial charge in [-0.15, -0.1) is 0 Å². The fourth-order valence-electron chi connectivity index (χ4n) is 3.95. The Balaban J connectivity index is 1.50. The Hall–Kier alpha value is -3.98. The number of thioether (sulfide) groups is 1. The van der Waals surface area contributed by atoms with Crippen molar-refractivity contribution >= 4 is 39.8 Å². The van der Waals surface area contributed by atoms with Crippen LogP contribution in [0.3, 0.4) is 0 Å². The van der Waals surface area contributed by atoms with Crippen molar-refractivity contribution in [3.8, 4) is 11.4 Å². The molecule has 7 nitrogen and oxygen atoms in total. The lowest BCUT2D eigenvalue weighted by Gasteiger charge is -2.20. The van der Waals surface area contributed by atoms with E-state index in [9.17, 15) is 9.18 Å². The predicted octanol–water partition coefficient (Wildman–Crippen LogP) is 4.91. The lowest BCUT2D eigenvalue weighted by Crippen LogP contribution is -2.35. The summed E-state index contributed by atoms with van der Waals surface area (Å²) in [7, 11) is 1.62. The molecule has 2 aromatic carbocycles. The fraction of sp³-hybridized carbons (Fsp3) is 0.120. The van der Waals surface area contributed by atoms with Crippen molar-refractivity contribution in [2.24, 2.45) is 10.1 Å². The van der Waals surface area contributed by atoms with Gasteiger partial charge >= 0.3 is 0 Å². The highest BCUT2D eigenvalue weighted by Crippen LogP contribution is 2.32. The molecule has 0 fully saturated rings. The molecular weight excluding hydrogens is 453 g/mol. The van der Waals surface area contributed by atoms with E-state index >= 15 is 0 Å². The number of carbonyl (C=O) groups excluding carboxylic acids is 1. The predicted molar refractivity (Wildman–Crippen MR) is 132 cm³/mol. The first-order chi connectivity index (χ1) is 16.4. The Bertz CT molecular complexity index is 1440. The summed E-state index contributed by atoms with van der Waals surface area (Å²) in [4.78, 5) is 16.9. The summed E-state index contributed by atoms with van der Waals surface area (Å²) in [5.41, 5.74) is 4.07. The molecule has 1 N–H and O–H groups in total. The Morgan fingerprint density at radius 2 is 1.85 bits per heavy atom. The largest absolute Gasteiger partial charge is 0.497 e. The number of benzene rings is 2. The van der Waals surface area contributed by atoms with Crippen LogP contribution in [0.25, 0.3) is 11.8 Å². The number of halogens is 1. The Morgan fingerprint density at radius 3 is 2.56 bits per heavy atom. The molecule has 0 radical (unpaired) electrons. The number of amidine groups is 2. The molecule has 1 aromatic heterocycles. The van der Waals surface area contributed by atoms with Crippen LogP contribution in [-0.4, -0.2) is 38.6 Å². The summed E-state index contributed by atoms with van der Waals surface area (Å²) in [6.07, 6.45) is 1.66. The van der Waals surface area contributed by atoms with Gasteiger partial charge in [0, 0.05) is 22.6 Å². The zero-order valence-corrected chi connectivity index (χ0v) is 19.5. The van der Waals surface area contributed by atoms with Crippen molar-refractivity contribution in [1.82, 2.24) is 9.58 Å². The van der Waals surface area contributed by atoms with E-state index in [0.717, 1.165) is 40.2 Å². The zero-order valence-electron chi connectivity index (χ0n) is 18.7. The van der Waals surface area contributed by atoms with Gasteiger partial charge in [-0.05, 0) is 79.7 Å². The molecule has 3 aromatic rings. The summed E-state index contributed by atoms with van der Waals surface area (Å²) in [6.45, 7) is 3.93. The van der Waals surface area contributed by atoms with E-state index in [1.807, 2.05) is 44.2 Å². The number of amides is 1. The molecule has 0 atom stereocenters. The van der Waals surface area contributed by atoms with E-state index in [1.165, 1.54) is 11.1 Å². The number of fused-ring (bicyclic) bond motifs is 1. The van der Waals surface area contributed by atoms with Crippen LogP contribution in [0.15, 0.2) is 70.3 Å². The first-order valence-electron chi connectivity index (χ1n) is 10.5. The molecule has 5 rings (SSSR count).